The van der Waals surface area contributed by atoms with Crippen LogP contribution in [0.3, 0.4) is 0 Å². The van der Waals surface area contributed by atoms with Crippen LogP contribution < -0.4 is 14.4 Å². The molecular weight excluding hydrogens is 428 g/mol. The lowest BCUT2D eigenvalue weighted by atomic mass is 9.99. The highest BCUT2D eigenvalue weighted by atomic mass is 16.5. The first-order valence-electron chi connectivity index (χ1n) is 12.0. The number of nitrogens with zero attached hydrogens (tertiary/aromatic N) is 4. The van der Waals surface area contributed by atoms with Gasteiger partial charge < -0.3 is 19.3 Å². The van der Waals surface area contributed by atoms with E-state index in [0.29, 0.717) is 31.1 Å². The van der Waals surface area contributed by atoms with Gasteiger partial charge in [0.2, 0.25) is 11.8 Å². The first-order valence-corrected chi connectivity index (χ1v) is 12.0. The van der Waals surface area contributed by atoms with Crippen LogP contribution in [-0.2, 0) is 17.8 Å². The monoisotopic (exact) mass is 458 g/mol. The third-order valence-electron chi connectivity index (χ3n) is 6.49. The molecule has 0 radical (unpaired) electrons. The summed E-state index contributed by atoms with van der Waals surface area (Å²) >= 11 is 0. The van der Waals surface area contributed by atoms with Crippen LogP contribution in [0.15, 0.2) is 60.7 Å². The number of anilines is 1. The molecule has 0 atom stereocenters. The van der Waals surface area contributed by atoms with Gasteiger partial charge in [0.1, 0.15) is 11.5 Å². The van der Waals surface area contributed by atoms with E-state index in [1.165, 1.54) is 0 Å². The first kappa shape index (κ1) is 22.2. The number of fused-ring (bicyclic) bond motifs is 1. The van der Waals surface area contributed by atoms with E-state index in [0.717, 1.165) is 54.8 Å². The molecule has 0 saturated carbocycles. The molecule has 5 rings (SSSR count). The predicted molar refractivity (Wildman–Crippen MR) is 130 cm³/mol. The second-order valence-electron chi connectivity index (χ2n) is 9.01. The minimum Gasteiger partial charge on any atom is -0.484 e. The SMILES string of the molecule is CC1CCN(c2nc3c(c(Oc4ccccc4)n2)CN(C(=O)COc2ccccc2)CC3)CC1. The number of piperidine rings is 1. The number of para-hydroxylation sites is 2. The van der Waals surface area contributed by atoms with Gasteiger partial charge in [-0.3, -0.25) is 4.79 Å². The Balaban J connectivity index is 1.37. The van der Waals surface area contributed by atoms with Crippen molar-refractivity contribution in [2.24, 2.45) is 5.92 Å². The van der Waals surface area contributed by atoms with E-state index < -0.39 is 0 Å². The van der Waals surface area contributed by atoms with Gasteiger partial charge in [0, 0.05) is 26.1 Å². The lowest BCUT2D eigenvalue weighted by molar-refractivity contribution is -0.134. The summed E-state index contributed by atoms with van der Waals surface area (Å²) in [6.45, 7) is 5.20. The van der Waals surface area contributed by atoms with E-state index in [1.807, 2.05) is 60.7 Å². The maximum absolute atomic E-state index is 12.9. The highest BCUT2D eigenvalue weighted by Crippen LogP contribution is 2.32. The van der Waals surface area contributed by atoms with Crippen LogP contribution in [0.2, 0.25) is 0 Å². The molecule has 34 heavy (non-hydrogen) atoms. The molecule has 2 aliphatic heterocycles. The predicted octanol–water partition coefficient (Wildman–Crippen LogP) is 4.47. The van der Waals surface area contributed by atoms with Gasteiger partial charge in [-0.25, -0.2) is 4.98 Å². The zero-order valence-corrected chi connectivity index (χ0v) is 19.5. The zero-order valence-electron chi connectivity index (χ0n) is 19.5. The molecule has 3 heterocycles. The average Bonchev–Trinajstić information content (AvgIpc) is 2.88. The van der Waals surface area contributed by atoms with Crippen LogP contribution in [0, 0.1) is 5.92 Å². The Hall–Kier alpha value is -3.61. The summed E-state index contributed by atoms with van der Waals surface area (Å²) in [5, 5.41) is 0. The van der Waals surface area contributed by atoms with Gasteiger partial charge in [0.05, 0.1) is 17.8 Å². The Morgan fingerprint density at radius 1 is 0.941 bits per heavy atom. The van der Waals surface area contributed by atoms with Crippen LogP contribution in [-0.4, -0.2) is 47.0 Å². The highest BCUT2D eigenvalue weighted by molar-refractivity contribution is 5.78. The van der Waals surface area contributed by atoms with Gasteiger partial charge in [0.15, 0.2) is 6.61 Å². The van der Waals surface area contributed by atoms with E-state index in [9.17, 15) is 4.79 Å². The molecule has 0 aliphatic carbocycles. The van der Waals surface area contributed by atoms with Crippen molar-refractivity contribution in [1.29, 1.82) is 0 Å². The fourth-order valence-electron chi connectivity index (χ4n) is 4.37. The van der Waals surface area contributed by atoms with Crippen LogP contribution in [0.25, 0.3) is 0 Å². The molecule has 2 aromatic carbocycles. The van der Waals surface area contributed by atoms with Crippen molar-refractivity contribution in [1.82, 2.24) is 14.9 Å². The molecule has 1 amide bonds. The number of benzene rings is 2. The van der Waals surface area contributed by atoms with Crippen molar-refractivity contribution < 1.29 is 14.3 Å². The Morgan fingerprint density at radius 2 is 1.62 bits per heavy atom. The van der Waals surface area contributed by atoms with Crippen LogP contribution in [0.4, 0.5) is 5.95 Å². The van der Waals surface area contributed by atoms with Gasteiger partial charge in [-0.2, -0.15) is 4.98 Å². The molecule has 1 aromatic heterocycles. The largest absolute Gasteiger partial charge is 0.484 e. The quantitative estimate of drug-likeness (QED) is 0.543. The molecule has 2 aliphatic rings. The summed E-state index contributed by atoms with van der Waals surface area (Å²) < 4.78 is 11.9. The molecule has 3 aromatic rings. The number of carbonyl (C=O) groups is 1. The minimum absolute atomic E-state index is 0.000868. The summed E-state index contributed by atoms with van der Waals surface area (Å²) in [5.41, 5.74) is 1.83. The van der Waals surface area contributed by atoms with E-state index >= 15 is 0 Å². The van der Waals surface area contributed by atoms with Crippen molar-refractivity contribution in [3.63, 3.8) is 0 Å². The summed E-state index contributed by atoms with van der Waals surface area (Å²) in [6, 6.07) is 19.1. The zero-order chi connectivity index (χ0) is 23.3. The molecule has 176 valence electrons. The smallest absolute Gasteiger partial charge is 0.260 e. The van der Waals surface area contributed by atoms with Crippen molar-refractivity contribution in [2.75, 3.05) is 31.1 Å². The number of aromatic nitrogens is 2. The maximum Gasteiger partial charge on any atom is 0.260 e. The summed E-state index contributed by atoms with van der Waals surface area (Å²) in [7, 11) is 0. The summed E-state index contributed by atoms with van der Waals surface area (Å²) in [6.07, 6.45) is 2.94. The Labute approximate surface area is 200 Å². The van der Waals surface area contributed by atoms with Gasteiger partial charge in [-0.15, -0.1) is 0 Å². The summed E-state index contributed by atoms with van der Waals surface area (Å²) in [4.78, 5) is 26.7. The molecule has 0 spiro atoms. The standard InChI is InChI=1S/C27H30N4O3/c1-20-12-15-30(16-13-20)27-28-24-14-17-31(25(32)19-33-21-8-4-2-5-9-21)18-23(24)26(29-27)34-22-10-6-3-7-11-22/h2-11,20H,12-19H2,1H3. The Morgan fingerprint density at radius 3 is 2.32 bits per heavy atom. The number of amides is 1. The van der Waals surface area contributed by atoms with Crippen LogP contribution >= 0.6 is 0 Å². The van der Waals surface area contributed by atoms with Crippen LogP contribution in [0.5, 0.6) is 17.4 Å². The van der Waals surface area contributed by atoms with Crippen molar-refractivity contribution in [2.45, 2.75) is 32.7 Å². The Kier molecular flexibility index (Phi) is 6.60. The fraction of sp³-hybridized carbons (Fsp3) is 0.370. The number of carbonyl (C=O) groups excluding carboxylic acids is 1. The number of hydrogen-bond acceptors (Lipinski definition) is 6. The molecule has 7 heteroatoms. The molecule has 1 saturated heterocycles. The average molecular weight is 459 g/mol. The number of ether oxygens (including phenoxy) is 2. The molecule has 0 bridgehead atoms. The normalized spacial score (nSPS) is 16.1. The molecule has 0 N–H and O–H groups in total. The second-order valence-corrected chi connectivity index (χ2v) is 9.01. The molecule has 1 fully saturated rings. The van der Waals surface area contributed by atoms with Gasteiger partial charge in [0.25, 0.3) is 5.91 Å². The van der Waals surface area contributed by atoms with Crippen LogP contribution in [0.1, 0.15) is 31.0 Å². The van der Waals surface area contributed by atoms with Crippen molar-refractivity contribution in [3.05, 3.63) is 71.9 Å². The lowest BCUT2D eigenvalue weighted by Gasteiger charge is -2.33. The van der Waals surface area contributed by atoms with Crippen molar-refractivity contribution >= 4 is 11.9 Å². The minimum atomic E-state index is -0.0609. The van der Waals surface area contributed by atoms with Gasteiger partial charge in [-0.1, -0.05) is 43.3 Å². The first-order chi connectivity index (χ1) is 16.7. The molecular formula is C27H30N4O3. The van der Waals surface area contributed by atoms with Gasteiger partial charge in [-0.05, 0) is 43.0 Å². The topological polar surface area (TPSA) is 67.8 Å². The number of hydrogen-bond donors (Lipinski definition) is 0. The van der Waals surface area contributed by atoms with E-state index in [1.54, 1.807) is 4.90 Å². The second kappa shape index (κ2) is 10.1. The van der Waals surface area contributed by atoms with E-state index in [-0.39, 0.29) is 12.5 Å². The molecule has 0 unspecified atom stereocenters. The van der Waals surface area contributed by atoms with E-state index in [2.05, 4.69) is 11.8 Å². The summed E-state index contributed by atoms with van der Waals surface area (Å²) in [5.74, 6) is 3.33. The number of rotatable bonds is 6. The third-order valence-corrected chi connectivity index (χ3v) is 6.49. The fourth-order valence-corrected chi connectivity index (χ4v) is 4.37. The lowest BCUT2D eigenvalue weighted by Crippen LogP contribution is -2.40. The van der Waals surface area contributed by atoms with E-state index in [4.69, 9.17) is 19.4 Å². The Bertz CT molecular complexity index is 1120. The third kappa shape index (κ3) is 5.14. The molecule has 7 nitrogen and oxygen atoms in total. The highest BCUT2D eigenvalue weighted by Gasteiger charge is 2.28. The van der Waals surface area contributed by atoms with Crippen molar-refractivity contribution in [3.8, 4) is 17.4 Å². The maximum atomic E-state index is 12.9. The van der Waals surface area contributed by atoms with Gasteiger partial charge >= 0.3 is 0 Å².